The fourth-order valence-corrected chi connectivity index (χ4v) is 4.74. The quantitative estimate of drug-likeness (QED) is 0.661. The number of rotatable bonds is 5. The summed E-state index contributed by atoms with van der Waals surface area (Å²) in [5, 5.41) is 8.58. The van der Waals surface area contributed by atoms with Crippen LogP contribution in [0.1, 0.15) is 12.5 Å². The molecule has 3 aromatic rings. The second kappa shape index (κ2) is 7.73. The summed E-state index contributed by atoms with van der Waals surface area (Å²) >= 11 is 0. The molecule has 1 aliphatic rings. The average molecular weight is 398 g/mol. The van der Waals surface area contributed by atoms with Gasteiger partial charge >= 0.3 is 0 Å². The number of sulfonamides is 1. The number of aryl methyl sites for hydroxylation is 1. The predicted molar refractivity (Wildman–Crippen MR) is 108 cm³/mol. The summed E-state index contributed by atoms with van der Waals surface area (Å²) < 4.78 is 29.2. The Kier molecular flexibility index (Phi) is 5.15. The van der Waals surface area contributed by atoms with E-state index in [-0.39, 0.29) is 0 Å². The summed E-state index contributed by atoms with van der Waals surface area (Å²) in [7, 11) is -3.46. The van der Waals surface area contributed by atoms with Gasteiger partial charge in [-0.25, -0.2) is 8.42 Å². The summed E-state index contributed by atoms with van der Waals surface area (Å²) in [6.07, 6.45) is 4.73. The van der Waals surface area contributed by atoms with Crippen LogP contribution in [0.25, 0.3) is 5.82 Å². The molecule has 0 N–H and O–H groups in total. The molecule has 146 valence electrons. The second-order valence-corrected chi connectivity index (χ2v) is 8.67. The van der Waals surface area contributed by atoms with Gasteiger partial charge in [-0.2, -0.15) is 4.31 Å². The molecule has 1 aliphatic heterocycles. The van der Waals surface area contributed by atoms with Crippen LogP contribution in [0.5, 0.6) is 0 Å². The Balaban J connectivity index is 1.42. The van der Waals surface area contributed by atoms with E-state index in [4.69, 9.17) is 0 Å². The molecule has 0 unspecified atom stereocenters. The smallest absolute Gasteiger partial charge is 0.243 e. The first kappa shape index (κ1) is 18.6. The standard InChI is InChI=1S/C20H23N5O2S/c1-2-17-5-7-18(8-6-17)28(26,27)25-15-13-24(14-16-25)20-10-9-19(21-22-20)23-11-3-4-12-23/h3-12H,2,13-16H2,1H3. The minimum atomic E-state index is -3.46. The average Bonchev–Trinajstić information content (AvgIpc) is 3.29. The highest BCUT2D eigenvalue weighted by atomic mass is 32.2. The Morgan fingerprint density at radius 3 is 2.04 bits per heavy atom. The number of hydrogen-bond acceptors (Lipinski definition) is 5. The van der Waals surface area contributed by atoms with Gasteiger partial charge in [-0.05, 0) is 48.4 Å². The van der Waals surface area contributed by atoms with Crippen LogP contribution < -0.4 is 4.90 Å². The molecule has 0 radical (unpaired) electrons. The van der Waals surface area contributed by atoms with E-state index < -0.39 is 10.0 Å². The molecule has 3 heterocycles. The molecule has 8 heteroatoms. The van der Waals surface area contributed by atoms with Crippen LogP contribution in [0.15, 0.2) is 65.8 Å². The van der Waals surface area contributed by atoms with Gasteiger partial charge in [-0.1, -0.05) is 19.1 Å². The Morgan fingerprint density at radius 1 is 0.857 bits per heavy atom. The maximum atomic E-state index is 12.9. The van der Waals surface area contributed by atoms with Crippen LogP contribution in [-0.2, 0) is 16.4 Å². The topological polar surface area (TPSA) is 71.3 Å². The number of hydrogen-bond donors (Lipinski definition) is 0. The zero-order valence-corrected chi connectivity index (χ0v) is 16.6. The zero-order chi connectivity index (χ0) is 19.6. The van der Waals surface area contributed by atoms with Crippen molar-refractivity contribution >= 4 is 15.8 Å². The van der Waals surface area contributed by atoms with E-state index in [1.807, 2.05) is 53.4 Å². The Labute approximate surface area is 165 Å². The molecule has 1 aromatic carbocycles. The summed E-state index contributed by atoms with van der Waals surface area (Å²) in [5.41, 5.74) is 1.13. The van der Waals surface area contributed by atoms with E-state index in [0.29, 0.717) is 31.1 Å². The lowest BCUT2D eigenvalue weighted by atomic mass is 10.2. The molecule has 0 spiro atoms. The molecular formula is C20H23N5O2S. The number of nitrogens with zero attached hydrogens (tertiary/aromatic N) is 5. The van der Waals surface area contributed by atoms with Gasteiger partial charge < -0.3 is 9.47 Å². The van der Waals surface area contributed by atoms with E-state index in [1.165, 1.54) is 0 Å². The van der Waals surface area contributed by atoms with Gasteiger partial charge in [0.15, 0.2) is 11.6 Å². The Hall–Kier alpha value is -2.71. The third-order valence-electron chi connectivity index (χ3n) is 5.04. The van der Waals surface area contributed by atoms with E-state index in [0.717, 1.165) is 23.6 Å². The minimum Gasteiger partial charge on any atom is -0.352 e. The maximum Gasteiger partial charge on any atom is 0.243 e. The Bertz CT molecular complexity index is 1010. The summed E-state index contributed by atoms with van der Waals surface area (Å²) in [6.45, 7) is 4.09. The van der Waals surface area contributed by atoms with Crippen molar-refractivity contribution in [3.8, 4) is 5.82 Å². The maximum absolute atomic E-state index is 12.9. The predicted octanol–water partition coefficient (Wildman–Crippen LogP) is 2.34. The summed E-state index contributed by atoms with van der Waals surface area (Å²) in [4.78, 5) is 2.42. The largest absolute Gasteiger partial charge is 0.352 e. The highest BCUT2D eigenvalue weighted by Gasteiger charge is 2.29. The van der Waals surface area contributed by atoms with Gasteiger partial charge in [0, 0.05) is 38.6 Å². The van der Waals surface area contributed by atoms with Crippen molar-refractivity contribution in [2.75, 3.05) is 31.1 Å². The zero-order valence-electron chi connectivity index (χ0n) is 15.8. The molecule has 1 fully saturated rings. The van der Waals surface area contributed by atoms with E-state index in [2.05, 4.69) is 22.0 Å². The third kappa shape index (κ3) is 3.65. The molecule has 0 aliphatic carbocycles. The number of aromatic nitrogens is 3. The number of piperazine rings is 1. The van der Waals surface area contributed by atoms with Crippen LogP contribution in [0.4, 0.5) is 5.82 Å². The lowest BCUT2D eigenvalue weighted by Crippen LogP contribution is -2.49. The van der Waals surface area contributed by atoms with Crippen molar-refractivity contribution in [1.29, 1.82) is 0 Å². The van der Waals surface area contributed by atoms with Crippen molar-refractivity contribution in [1.82, 2.24) is 19.1 Å². The lowest BCUT2D eigenvalue weighted by Gasteiger charge is -2.34. The minimum absolute atomic E-state index is 0.356. The normalized spacial score (nSPS) is 15.7. The highest BCUT2D eigenvalue weighted by Crippen LogP contribution is 2.20. The fourth-order valence-electron chi connectivity index (χ4n) is 3.32. The van der Waals surface area contributed by atoms with Crippen LogP contribution in [0.2, 0.25) is 0 Å². The third-order valence-corrected chi connectivity index (χ3v) is 6.95. The van der Waals surface area contributed by atoms with E-state index in [9.17, 15) is 8.42 Å². The van der Waals surface area contributed by atoms with Crippen molar-refractivity contribution in [2.45, 2.75) is 18.2 Å². The molecule has 7 nitrogen and oxygen atoms in total. The molecular weight excluding hydrogens is 374 g/mol. The van der Waals surface area contributed by atoms with Gasteiger partial charge in [0.1, 0.15) is 0 Å². The molecule has 0 amide bonds. The van der Waals surface area contributed by atoms with Crippen molar-refractivity contribution in [3.05, 3.63) is 66.5 Å². The molecule has 0 saturated carbocycles. The first-order valence-corrected chi connectivity index (χ1v) is 10.8. The van der Waals surface area contributed by atoms with E-state index in [1.54, 1.807) is 16.4 Å². The van der Waals surface area contributed by atoms with Gasteiger partial charge in [0.2, 0.25) is 10.0 Å². The van der Waals surface area contributed by atoms with Crippen molar-refractivity contribution in [2.24, 2.45) is 0 Å². The summed E-state index contributed by atoms with van der Waals surface area (Å²) in [5.74, 6) is 1.52. The molecule has 28 heavy (non-hydrogen) atoms. The van der Waals surface area contributed by atoms with Gasteiger partial charge in [0.25, 0.3) is 0 Å². The molecule has 0 bridgehead atoms. The molecule has 1 saturated heterocycles. The Morgan fingerprint density at radius 2 is 1.46 bits per heavy atom. The van der Waals surface area contributed by atoms with Crippen LogP contribution in [0, 0.1) is 0 Å². The number of benzene rings is 1. The van der Waals surface area contributed by atoms with Gasteiger partial charge in [-0.3, -0.25) is 0 Å². The van der Waals surface area contributed by atoms with Crippen LogP contribution in [-0.4, -0.2) is 53.7 Å². The lowest BCUT2D eigenvalue weighted by molar-refractivity contribution is 0.383. The van der Waals surface area contributed by atoms with E-state index >= 15 is 0 Å². The fraction of sp³-hybridized carbons (Fsp3) is 0.300. The van der Waals surface area contributed by atoms with Crippen molar-refractivity contribution in [3.63, 3.8) is 0 Å². The van der Waals surface area contributed by atoms with Crippen LogP contribution >= 0.6 is 0 Å². The molecule has 2 aromatic heterocycles. The monoisotopic (exact) mass is 397 g/mol. The van der Waals surface area contributed by atoms with Gasteiger partial charge in [-0.15, -0.1) is 10.2 Å². The second-order valence-electron chi connectivity index (χ2n) is 6.73. The number of anilines is 1. The highest BCUT2D eigenvalue weighted by molar-refractivity contribution is 7.89. The summed E-state index contributed by atoms with van der Waals surface area (Å²) in [6, 6.07) is 14.9. The molecule has 0 atom stereocenters. The molecule has 4 rings (SSSR count). The SMILES string of the molecule is CCc1ccc(S(=O)(=O)N2CCN(c3ccc(-n4cccc4)nn3)CC2)cc1. The van der Waals surface area contributed by atoms with Crippen molar-refractivity contribution < 1.29 is 8.42 Å². The first-order chi connectivity index (χ1) is 13.6. The van der Waals surface area contributed by atoms with Gasteiger partial charge in [0.05, 0.1) is 4.90 Å². The first-order valence-electron chi connectivity index (χ1n) is 9.39. The van der Waals surface area contributed by atoms with Crippen LogP contribution in [0.3, 0.4) is 0 Å².